The molecule has 0 radical (unpaired) electrons. The summed E-state index contributed by atoms with van der Waals surface area (Å²) in [7, 11) is 1.59. The predicted octanol–water partition coefficient (Wildman–Crippen LogP) is 4.25. The Hall–Kier alpha value is -1.91. The number of hydrogen-bond acceptors (Lipinski definition) is 4. The van der Waals surface area contributed by atoms with E-state index >= 15 is 0 Å². The second-order valence-corrected chi connectivity index (χ2v) is 6.96. The van der Waals surface area contributed by atoms with Crippen molar-refractivity contribution < 1.29 is 14.3 Å². The van der Waals surface area contributed by atoms with Crippen LogP contribution in [0, 0.1) is 5.92 Å². The summed E-state index contributed by atoms with van der Waals surface area (Å²) in [4.78, 5) is 11.8. The van der Waals surface area contributed by atoms with Gasteiger partial charge in [-0.25, -0.2) is 4.79 Å². The number of carbonyl (C=O) groups excluding carboxylic acids is 1. The molecule has 5 nitrogen and oxygen atoms in total. The van der Waals surface area contributed by atoms with Crippen LogP contribution in [0.5, 0.6) is 5.75 Å². The zero-order chi connectivity index (χ0) is 16.3. The van der Waals surface area contributed by atoms with Crippen molar-refractivity contribution in [1.29, 1.82) is 0 Å². The lowest BCUT2D eigenvalue weighted by molar-refractivity contribution is 0.0635. The molecular weight excluding hydrogens is 280 g/mol. The van der Waals surface area contributed by atoms with Crippen molar-refractivity contribution in [2.45, 2.75) is 52.2 Å². The first-order valence-electron chi connectivity index (χ1n) is 7.71. The number of rotatable bonds is 4. The van der Waals surface area contributed by atoms with Crippen molar-refractivity contribution in [2.75, 3.05) is 17.7 Å². The fourth-order valence-electron chi connectivity index (χ4n) is 2.55. The monoisotopic (exact) mass is 306 g/mol. The van der Waals surface area contributed by atoms with Crippen LogP contribution in [0.25, 0.3) is 0 Å². The molecular formula is C17H26N2O3. The first-order chi connectivity index (χ1) is 10.3. The van der Waals surface area contributed by atoms with E-state index in [2.05, 4.69) is 17.6 Å². The minimum absolute atomic E-state index is 0.487. The molecule has 22 heavy (non-hydrogen) atoms. The lowest BCUT2D eigenvalue weighted by Gasteiger charge is -2.34. The van der Waals surface area contributed by atoms with Gasteiger partial charge < -0.3 is 14.8 Å². The van der Waals surface area contributed by atoms with Gasteiger partial charge in [-0.1, -0.05) is 6.92 Å². The van der Waals surface area contributed by atoms with Gasteiger partial charge >= 0.3 is 6.09 Å². The van der Waals surface area contributed by atoms with Crippen LogP contribution in [0.3, 0.4) is 0 Å². The molecule has 1 saturated carbocycles. The molecule has 0 spiro atoms. The maximum atomic E-state index is 11.8. The number of hydrogen-bond donors (Lipinski definition) is 2. The lowest BCUT2D eigenvalue weighted by atomic mass is 9.82. The van der Waals surface area contributed by atoms with Crippen molar-refractivity contribution in [3.05, 3.63) is 18.2 Å². The number of amides is 1. The normalized spacial score (nSPS) is 20.8. The quantitative estimate of drug-likeness (QED) is 0.873. The van der Waals surface area contributed by atoms with Gasteiger partial charge in [0, 0.05) is 17.8 Å². The average molecular weight is 306 g/mol. The third-order valence-corrected chi connectivity index (χ3v) is 3.58. The number of benzene rings is 1. The summed E-state index contributed by atoms with van der Waals surface area (Å²) in [6.45, 7) is 7.75. The SMILES string of the molecule is COc1cc(NC2CC(C)C2)ccc1NC(=O)OC(C)(C)C. The Labute approximate surface area is 132 Å². The third kappa shape index (κ3) is 4.55. The summed E-state index contributed by atoms with van der Waals surface area (Å²) in [5, 5.41) is 6.20. The topological polar surface area (TPSA) is 59.6 Å². The van der Waals surface area contributed by atoms with E-state index in [1.165, 1.54) is 12.8 Å². The van der Waals surface area contributed by atoms with Crippen molar-refractivity contribution in [1.82, 2.24) is 0 Å². The maximum absolute atomic E-state index is 11.8. The Morgan fingerprint density at radius 2 is 1.95 bits per heavy atom. The molecule has 1 fully saturated rings. The van der Waals surface area contributed by atoms with E-state index in [-0.39, 0.29) is 0 Å². The molecule has 1 aromatic carbocycles. The summed E-state index contributed by atoms with van der Waals surface area (Å²) in [6, 6.07) is 6.20. The minimum atomic E-state index is -0.528. The Balaban J connectivity index is 2.01. The Bertz CT molecular complexity index is 531. The van der Waals surface area contributed by atoms with Crippen LogP contribution in [0.2, 0.25) is 0 Å². The zero-order valence-corrected chi connectivity index (χ0v) is 14.0. The molecule has 1 aliphatic carbocycles. The maximum Gasteiger partial charge on any atom is 0.412 e. The molecule has 1 aromatic rings. The molecule has 0 saturated heterocycles. The molecule has 122 valence electrons. The van der Waals surface area contributed by atoms with Crippen LogP contribution >= 0.6 is 0 Å². The average Bonchev–Trinajstić information content (AvgIpc) is 2.36. The van der Waals surface area contributed by atoms with Crippen molar-refractivity contribution in [3.8, 4) is 5.75 Å². The predicted molar refractivity (Wildman–Crippen MR) is 88.7 cm³/mol. The first kappa shape index (κ1) is 16.5. The second kappa shape index (κ2) is 6.46. The first-order valence-corrected chi connectivity index (χ1v) is 7.71. The largest absolute Gasteiger partial charge is 0.494 e. The van der Waals surface area contributed by atoms with Gasteiger partial charge in [0.2, 0.25) is 0 Å². The van der Waals surface area contributed by atoms with E-state index in [4.69, 9.17) is 9.47 Å². The summed E-state index contributed by atoms with van der Waals surface area (Å²) in [5.74, 6) is 1.41. The van der Waals surface area contributed by atoms with Crippen molar-refractivity contribution in [2.24, 2.45) is 5.92 Å². The number of ether oxygens (including phenoxy) is 2. The zero-order valence-electron chi connectivity index (χ0n) is 14.0. The molecule has 1 aliphatic rings. The summed E-state index contributed by atoms with van der Waals surface area (Å²) < 4.78 is 10.6. The highest BCUT2D eigenvalue weighted by atomic mass is 16.6. The van der Waals surface area contributed by atoms with Crippen LogP contribution in [0.1, 0.15) is 40.5 Å². The van der Waals surface area contributed by atoms with Gasteiger partial charge in [0.1, 0.15) is 11.4 Å². The summed E-state index contributed by atoms with van der Waals surface area (Å²) in [6.07, 6.45) is 1.90. The molecule has 2 N–H and O–H groups in total. The highest BCUT2D eigenvalue weighted by molar-refractivity contribution is 5.87. The minimum Gasteiger partial charge on any atom is -0.494 e. The van der Waals surface area contributed by atoms with Gasteiger partial charge in [-0.3, -0.25) is 5.32 Å². The number of methoxy groups -OCH3 is 1. The van der Waals surface area contributed by atoms with E-state index < -0.39 is 11.7 Å². The Morgan fingerprint density at radius 3 is 2.50 bits per heavy atom. The van der Waals surface area contributed by atoms with Gasteiger partial charge in [-0.2, -0.15) is 0 Å². The smallest absolute Gasteiger partial charge is 0.412 e. The van der Waals surface area contributed by atoms with Crippen molar-refractivity contribution in [3.63, 3.8) is 0 Å². The van der Waals surface area contributed by atoms with E-state index in [1.54, 1.807) is 7.11 Å². The van der Waals surface area contributed by atoms with Crippen LogP contribution in [-0.4, -0.2) is 24.8 Å². The molecule has 0 bridgehead atoms. The molecule has 2 rings (SSSR count). The Kier molecular flexibility index (Phi) is 4.84. The van der Waals surface area contributed by atoms with Crippen LogP contribution < -0.4 is 15.4 Å². The molecule has 0 unspecified atom stereocenters. The van der Waals surface area contributed by atoms with Crippen LogP contribution in [0.15, 0.2) is 18.2 Å². The highest BCUT2D eigenvalue weighted by Crippen LogP contribution is 2.33. The standard InChI is InChI=1S/C17H26N2O3/c1-11-8-13(9-11)18-12-6-7-14(15(10-12)21-5)19-16(20)22-17(2,3)4/h6-7,10-11,13,18H,8-9H2,1-5H3,(H,19,20). The molecule has 5 heteroatoms. The van der Waals surface area contributed by atoms with Gasteiger partial charge in [0.05, 0.1) is 12.8 Å². The fraction of sp³-hybridized carbons (Fsp3) is 0.588. The van der Waals surface area contributed by atoms with E-state index in [9.17, 15) is 4.79 Å². The molecule has 0 aromatic heterocycles. The van der Waals surface area contributed by atoms with Gasteiger partial charge in [-0.05, 0) is 51.7 Å². The summed E-state index contributed by atoms with van der Waals surface area (Å²) in [5.41, 5.74) is 1.08. The van der Waals surface area contributed by atoms with Crippen LogP contribution in [0.4, 0.5) is 16.2 Å². The third-order valence-electron chi connectivity index (χ3n) is 3.58. The number of nitrogens with one attached hydrogen (secondary N) is 2. The molecule has 0 heterocycles. The van der Waals surface area contributed by atoms with Crippen LogP contribution in [-0.2, 0) is 4.74 Å². The lowest BCUT2D eigenvalue weighted by Crippen LogP contribution is -2.33. The Morgan fingerprint density at radius 1 is 1.27 bits per heavy atom. The molecule has 1 amide bonds. The second-order valence-electron chi connectivity index (χ2n) is 6.96. The van der Waals surface area contributed by atoms with E-state index in [1.807, 2.05) is 39.0 Å². The fourth-order valence-corrected chi connectivity index (χ4v) is 2.55. The van der Waals surface area contributed by atoms with Gasteiger partial charge in [0.25, 0.3) is 0 Å². The van der Waals surface area contributed by atoms with E-state index in [0.717, 1.165) is 11.6 Å². The molecule has 0 atom stereocenters. The van der Waals surface area contributed by atoms with Gasteiger partial charge in [0.15, 0.2) is 0 Å². The molecule has 0 aliphatic heterocycles. The highest BCUT2D eigenvalue weighted by Gasteiger charge is 2.25. The number of anilines is 2. The van der Waals surface area contributed by atoms with Crippen molar-refractivity contribution >= 4 is 17.5 Å². The number of carbonyl (C=O) groups is 1. The summed E-state index contributed by atoms with van der Waals surface area (Å²) >= 11 is 0. The van der Waals surface area contributed by atoms with Gasteiger partial charge in [-0.15, -0.1) is 0 Å². The van der Waals surface area contributed by atoms with E-state index in [0.29, 0.717) is 17.5 Å².